The maximum atomic E-state index is 11.5. The van der Waals surface area contributed by atoms with Crippen molar-refractivity contribution < 1.29 is 14.3 Å². The first-order valence-electron chi connectivity index (χ1n) is 4.90. The van der Waals surface area contributed by atoms with Crippen LogP contribution in [-0.2, 0) is 0 Å². The zero-order chi connectivity index (χ0) is 11.5. The Morgan fingerprint density at radius 1 is 1.25 bits per heavy atom. The molecule has 0 fully saturated rings. The highest BCUT2D eigenvalue weighted by atomic mass is 35.5. The highest BCUT2D eigenvalue weighted by molar-refractivity contribution is 6.37. The van der Waals surface area contributed by atoms with E-state index in [9.17, 15) is 4.79 Å². The SMILES string of the molecule is O=C(CCl)c1cc2c(cc1Cl)OCCCO2. The van der Waals surface area contributed by atoms with Gasteiger partial charge in [-0.1, -0.05) is 11.6 Å². The fourth-order valence-corrected chi connectivity index (χ4v) is 1.87. The highest BCUT2D eigenvalue weighted by Crippen LogP contribution is 2.35. The third-order valence-electron chi connectivity index (χ3n) is 2.26. The van der Waals surface area contributed by atoms with Gasteiger partial charge in [0.25, 0.3) is 0 Å². The summed E-state index contributed by atoms with van der Waals surface area (Å²) >= 11 is 11.5. The van der Waals surface area contributed by atoms with Gasteiger partial charge >= 0.3 is 0 Å². The van der Waals surface area contributed by atoms with Gasteiger partial charge in [-0.3, -0.25) is 4.79 Å². The fourth-order valence-electron chi connectivity index (χ4n) is 1.47. The standard InChI is InChI=1S/C11H10Cl2O3/c12-6-9(14)7-4-10-11(5-8(7)13)16-3-1-2-15-10/h4-5H,1-3,6H2. The number of rotatable bonds is 2. The summed E-state index contributed by atoms with van der Waals surface area (Å²) in [6, 6.07) is 3.19. The molecule has 1 heterocycles. The van der Waals surface area contributed by atoms with E-state index in [1.165, 1.54) is 0 Å². The second-order valence-corrected chi connectivity index (χ2v) is 4.06. The van der Waals surface area contributed by atoms with Gasteiger partial charge in [-0.05, 0) is 6.07 Å². The summed E-state index contributed by atoms with van der Waals surface area (Å²) in [5.41, 5.74) is 0.376. The Bertz CT molecular complexity index is 418. The maximum Gasteiger partial charge on any atom is 0.179 e. The molecule has 2 rings (SSSR count). The Balaban J connectivity index is 2.42. The van der Waals surface area contributed by atoms with Crippen LogP contribution >= 0.6 is 23.2 Å². The van der Waals surface area contributed by atoms with E-state index in [2.05, 4.69) is 0 Å². The van der Waals surface area contributed by atoms with Gasteiger partial charge in [0.2, 0.25) is 0 Å². The van der Waals surface area contributed by atoms with E-state index in [1.807, 2.05) is 0 Å². The van der Waals surface area contributed by atoms with Crippen molar-refractivity contribution in [2.75, 3.05) is 19.1 Å². The lowest BCUT2D eigenvalue weighted by Crippen LogP contribution is -2.03. The number of Topliss-reactive ketones (excluding diaryl/α,β-unsaturated/α-hetero) is 1. The predicted molar refractivity (Wildman–Crippen MR) is 62.1 cm³/mol. The first-order valence-corrected chi connectivity index (χ1v) is 5.82. The number of carbonyl (C=O) groups is 1. The van der Waals surface area contributed by atoms with E-state index < -0.39 is 0 Å². The first-order chi connectivity index (χ1) is 7.72. The number of halogens is 2. The number of alkyl halides is 1. The van der Waals surface area contributed by atoms with Crippen molar-refractivity contribution >= 4 is 29.0 Å². The van der Waals surface area contributed by atoms with E-state index in [0.29, 0.717) is 35.3 Å². The summed E-state index contributed by atoms with van der Waals surface area (Å²) in [4.78, 5) is 11.5. The van der Waals surface area contributed by atoms with Gasteiger partial charge in [-0.25, -0.2) is 0 Å². The summed E-state index contributed by atoms with van der Waals surface area (Å²) in [6.07, 6.45) is 0.811. The summed E-state index contributed by atoms with van der Waals surface area (Å²) in [6.45, 7) is 1.16. The number of hydrogen-bond donors (Lipinski definition) is 0. The number of carbonyl (C=O) groups excluding carboxylic acids is 1. The molecule has 0 amide bonds. The molecule has 0 saturated heterocycles. The smallest absolute Gasteiger partial charge is 0.179 e. The van der Waals surface area contributed by atoms with Crippen LogP contribution in [0.3, 0.4) is 0 Å². The Morgan fingerprint density at radius 3 is 2.50 bits per heavy atom. The molecule has 0 aliphatic carbocycles. The molecular formula is C11H10Cl2O3. The first kappa shape index (κ1) is 11.6. The van der Waals surface area contributed by atoms with Crippen LogP contribution in [0.1, 0.15) is 16.8 Å². The minimum Gasteiger partial charge on any atom is -0.490 e. The van der Waals surface area contributed by atoms with E-state index in [4.69, 9.17) is 32.7 Å². The van der Waals surface area contributed by atoms with E-state index in [0.717, 1.165) is 6.42 Å². The zero-order valence-electron chi connectivity index (χ0n) is 8.46. The second kappa shape index (κ2) is 4.93. The molecule has 3 nitrogen and oxygen atoms in total. The molecule has 1 aliphatic heterocycles. The molecule has 86 valence electrons. The number of ketones is 1. The van der Waals surface area contributed by atoms with Crippen molar-refractivity contribution in [2.24, 2.45) is 0 Å². The number of benzene rings is 1. The molecule has 1 aliphatic rings. The van der Waals surface area contributed by atoms with Crippen LogP contribution in [0.2, 0.25) is 5.02 Å². The second-order valence-electron chi connectivity index (χ2n) is 3.39. The summed E-state index contributed by atoms with van der Waals surface area (Å²) in [5, 5.41) is 0.343. The number of hydrogen-bond acceptors (Lipinski definition) is 3. The fraction of sp³-hybridized carbons (Fsp3) is 0.364. The summed E-state index contributed by atoms with van der Waals surface area (Å²) < 4.78 is 10.9. The van der Waals surface area contributed by atoms with Crippen LogP contribution in [0.5, 0.6) is 11.5 Å². The molecule has 5 heteroatoms. The van der Waals surface area contributed by atoms with Gasteiger partial charge in [0.15, 0.2) is 17.3 Å². The van der Waals surface area contributed by atoms with E-state index in [1.54, 1.807) is 12.1 Å². The Hall–Kier alpha value is -0.930. The molecule has 0 atom stereocenters. The van der Waals surface area contributed by atoms with Crippen molar-refractivity contribution in [1.82, 2.24) is 0 Å². The monoisotopic (exact) mass is 260 g/mol. The van der Waals surface area contributed by atoms with Crippen LogP contribution in [0.4, 0.5) is 0 Å². The molecule has 0 aromatic heterocycles. The van der Waals surface area contributed by atoms with Gasteiger partial charge < -0.3 is 9.47 Å². The number of ether oxygens (including phenoxy) is 2. The Morgan fingerprint density at radius 2 is 1.88 bits per heavy atom. The molecule has 1 aromatic rings. The molecule has 0 bridgehead atoms. The topological polar surface area (TPSA) is 35.5 Å². The third-order valence-corrected chi connectivity index (χ3v) is 2.81. The largest absolute Gasteiger partial charge is 0.490 e. The molecule has 16 heavy (non-hydrogen) atoms. The molecule has 0 unspecified atom stereocenters. The zero-order valence-corrected chi connectivity index (χ0v) is 9.98. The highest BCUT2D eigenvalue weighted by Gasteiger charge is 2.17. The van der Waals surface area contributed by atoms with Gasteiger partial charge in [0.1, 0.15) is 0 Å². The van der Waals surface area contributed by atoms with Crippen LogP contribution in [-0.4, -0.2) is 24.9 Å². The van der Waals surface area contributed by atoms with Crippen molar-refractivity contribution in [1.29, 1.82) is 0 Å². The third kappa shape index (κ3) is 2.25. The van der Waals surface area contributed by atoms with Gasteiger partial charge in [0, 0.05) is 18.1 Å². The quantitative estimate of drug-likeness (QED) is 0.606. The average molecular weight is 261 g/mol. The normalized spacial score (nSPS) is 14.4. The average Bonchev–Trinajstić information content (AvgIpc) is 2.51. The van der Waals surface area contributed by atoms with Crippen molar-refractivity contribution in [2.45, 2.75) is 6.42 Å². The van der Waals surface area contributed by atoms with Crippen molar-refractivity contribution in [3.05, 3.63) is 22.7 Å². The molecule has 0 spiro atoms. The molecule has 1 aromatic carbocycles. The summed E-state index contributed by atoms with van der Waals surface area (Å²) in [5.74, 6) is 0.811. The Kier molecular flexibility index (Phi) is 3.56. The summed E-state index contributed by atoms with van der Waals surface area (Å²) in [7, 11) is 0. The van der Waals surface area contributed by atoms with Crippen molar-refractivity contribution in [3.63, 3.8) is 0 Å². The number of fused-ring (bicyclic) bond motifs is 1. The molecule has 0 radical (unpaired) electrons. The molecular weight excluding hydrogens is 251 g/mol. The molecule has 0 saturated carbocycles. The van der Waals surface area contributed by atoms with Crippen LogP contribution in [0.15, 0.2) is 12.1 Å². The van der Waals surface area contributed by atoms with E-state index in [-0.39, 0.29) is 11.7 Å². The lowest BCUT2D eigenvalue weighted by Gasteiger charge is -2.10. The van der Waals surface area contributed by atoms with E-state index >= 15 is 0 Å². The van der Waals surface area contributed by atoms with Gasteiger partial charge in [-0.15, -0.1) is 11.6 Å². The molecule has 0 N–H and O–H groups in total. The predicted octanol–water partition coefficient (Wildman–Crippen LogP) is 2.92. The Labute approximate surface area is 103 Å². The maximum absolute atomic E-state index is 11.5. The van der Waals surface area contributed by atoms with Crippen LogP contribution in [0.25, 0.3) is 0 Å². The lowest BCUT2D eigenvalue weighted by atomic mass is 10.1. The van der Waals surface area contributed by atoms with Crippen molar-refractivity contribution in [3.8, 4) is 11.5 Å². The van der Waals surface area contributed by atoms with Crippen LogP contribution < -0.4 is 9.47 Å². The van der Waals surface area contributed by atoms with Crippen LogP contribution in [0, 0.1) is 0 Å². The lowest BCUT2D eigenvalue weighted by molar-refractivity contribution is 0.102. The van der Waals surface area contributed by atoms with Gasteiger partial charge in [-0.2, -0.15) is 0 Å². The van der Waals surface area contributed by atoms with Gasteiger partial charge in [0.05, 0.1) is 24.1 Å². The minimum atomic E-state index is -0.220. The minimum absolute atomic E-state index is 0.0979.